The predicted molar refractivity (Wildman–Crippen MR) is 72.0 cm³/mol. The van der Waals surface area contributed by atoms with Gasteiger partial charge in [0.2, 0.25) is 5.96 Å². The fourth-order valence-electron chi connectivity index (χ4n) is 1.15. The van der Waals surface area contributed by atoms with Crippen molar-refractivity contribution in [2.45, 2.75) is 4.90 Å². The van der Waals surface area contributed by atoms with Crippen molar-refractivity contribution >= 4 is 35.1 Å². The summed E-state index contributed by atoms with van der Waals surface area (Å²) in [6.07, 6.45) is 1.82. The summed E-state index contributed by atoms with van der Waals surface area (Å²) in [5, 5.41) is 10.9. The maximum Gasteiger partial charge on any atom is 0.296 e. The van der Waals surface area contributed by atoms with Crippen molar-refractivity contribution in [1.82, 2.24) is 0 Å². The maximum atomic E-state index is 10.9. The Kier molecular flexibility index (Phi) is 4.49. The molecule has 6 N–H and O–H groups in total. The first-order valence-electron chi connectivity index (χ1n) is 4.70. The van der Waals surface area contributed by atoms with Crippen molar-refractivity contribution in [3.8, 4) is 0 Å². The lowest BCUT2D eigenvalue weighted by molar-refractivity contribution is -0.384. The van der Waals surface area contributed by atoms with Crippen LogP contribution in [0.2, 0.25) is 0 Å². The zero-order valence-electron chi connectivity index (χ0n) is 9.53. The lowest BCUT2D eigenvalue weighted by Crippen LogP contribution is -2.26. The Hall–Kier alpha value is -2.29. The third-order valence-corrected chi connectivity index (χ3v) is 2.58. The summed E-state index contributed by atoms with van der Waals surface area (Å²) in [5.74, 6) is -0.505. The lowest BCUT2D eigenvalue weighted by atomic mass is 10.3. The number of thioether (sulfide) groups is 1. The Morgan fingerprint density at radius 3 is 2.56 bits per heavy atom. The maximum absolute atomic E-state index is 10.9. The zero-order valence-corrected chi connectivity index (χ0v) is 10.3. The summed E-state index contributed by atoms with van der Waals surface area (Å²) in [5.41, 5.74) is 15.6. The summed E-state index contributed by atoms with van der Waals surface area (Å²) in [6.45, 7) is 0. The predicted octanol–water partition coefficient (Wildman–Crippen LogP) is 0.536. The van der Waals surface area contributed by atoms with E-state index in [0.717, 1.165) is 4.90 Å². The van der Waals surface area contributed by atoms with Gasteiger partial charge in [-0.1, -0.05) is 0 Å². The van der Waals surface area contributed by atoms with Crippen LogP contribution in [-0.2, 0) is 0 Å². The van der Waals surface area contributed by atoms with Gasteiger partial charge in [0, 0.05) is 11.0 Å². The van der Waals surface area contributed by atoms with Crippen LogP contribution in [0.1, 0.15) is 0 Å². The van der Waals surface area contributed by atoms with E-state index in [1.807, 2.05) is 6.26 Å². The molecule has 0 amide bonds. The van der Waals surface area contributed by atoms with Crippen LogP contribution in [0.5, 0.6) is 0 Å². The summed E-state index contributed by atoms with van der Waals surface area (Å²) in [6, 6.07) is 4.59. The molecule has 1 aromatic carbocycles. The van der Waals surface area contributed by atoms with Gasteiger partial charge in [0.25, 0.3) is 5.69 Å². The normalized spacial score (nSPS) is 11.1. The van der Waals surface area contributed by atoms with Crippen LogP contribution in [0.4, 0.5) is 11.4 Å². The number of nitro groups is 1. The van der Waals surface area contributed by atoms with E-state index in [2.05, 4.69) is 9.98 Å². The first kappa shape index (κ1) is 13.8. The minimum Gasteiger partial charge on any atom is -0.370 e. The smallest absolute Gasteiger partial charge is 0.296 e. The van der Waals surface area contributed by atoms with Gasteiger partial charge >= 0.3 is 0 Å². The molecule has 0 unspecified atom stereocenters. The van der Waals surface area contributed by atoms with Crippen LogP contribution in [-0.4, -0.2) is 23.1 Å². The molecule has 0 fully saturated rings. The van der Waals surface area contributed by atoms with E-state index in [1.54, 1.807) is 6.07 Å². The van der Waals surface area contributed by atoms with E-state index in [1.165, 1.54) is 23.9 Å². The second-order valence-corrected chi connectivity index (χ2v) is 4.00. The molecule has 0 aliphatic rings. The van der Waals surface area contributed by atoms with Crippen molar-refractivity contribution in [1.29, 1.82) is 0 Å². The standard InChI is InChI=1S/C9H12N6O2S/c1-18-5-2-3-6(7(4-5)15(16)17)13-9(12)14-8(10)11/h2-4H,1H3,(H6,10,11,12,13,14). The number of nitro benzene ring substituents is 1. The summed E-state index contributed by atoms with van der Waals surface area (Å²) >= 11 is 1.39. The number of rotatable bonds is 3. The Bertz CT molecular complexity index is 524. The molecule has 0 saturated carbocycles. The Morgan fingerprint density at radius 1 is 1.39 bits per heavy atom. The summed E-state index contributed by atoms with van der Waals surface area (Å²) < 4.78 is 0. The highest BCUT2D eigenvalue weighted by Gasteiger charge is 2.14. The van der Waals surface area contributed by atoms with Gasteiger partial charge in [-0.25, -0.2) is 4.99 Å². The number of benzene rings is 1. The third-order valence-electron chi connectivity index (χ3n) is 1.86. The van der Waals surface area contributed by atoms with Gasteiger partial charge in [-0.05, 0) is 18.4 Å². The number of hydrogen-bond donors (Lipinski definition) is 3. The Balaban J connectivity index is 3.24. The van der Waals surface area contributed by atoms with E-state index >= 15 is 0 Å². The van der Waals surface area contributed by atoms with Crippen LogP contribution in [0.3, 0.4) is 0 Å². The van der Waals surface area contributed by atoms with Crippen molar-refractivity contribution < 1.29 is 4.92 Å². The second kappa shape index (κ2) is 5.87. The molecule has 0 aliphatic heterocycles. The fraction of sp³-hybridized carbons (Fsp3) is 0.111. The summed E-state index contributed by atoms with van der Waals surface area (Å²) in [7, 11) is 0. The van der Waals surface area contributed by atoms with Gasteiger partial charge in [0.15, 0.2) is 5.96 Å². The number of aliphatic imine (C=N–C) groups is 2. The van der Waals surface area contributed by atoms with E-state index in [0.29, 0.717) is 0 Å². The lowest BCUT2D eigenvalue weighted by Gasteiger charge is -2.01. The Labute approximate surface area is 107 Å². The van der Waals surface area contributed by atoms with Crippen LogP contribution < -0.4 is 17.2 Å². The molecule has 0 radical (unpaired) electrons. The topological polar surface area (TPSA) is 146 Å². The van der Waals surface area contributed by atoms with Crippen LogP contribution in [0, 0.1) is 10.1 Å². The molecule has 0 saturated heterocycles. The molecule has 9 heteroatoms. The summed E-state index contributed by atoms with van der Waals surface area (Å²) in [4.78, 5) is 18.4. The van der Waals surface area contributed by atoms with Crippen LogP contribution in [0.15, 0.2) is 33.1 Å². The molecule has 18 heavy (non-hydrogen) atoms. The van der Waals surface area contributed by atoms with Gasteiger partial charge in [-0.15, -0.1) is 11.8 Å². The van der Waals surface area contributed by atoms with Crippen LogP contribution in [0.25, 0.3) is 0 Å². The quantitative estimate of drug-likeness (QED) is 0.239. The number of guanidine groups is 2. The molecule has 0 spiro atoms. The first-order chi connectivity index (χ1) is 8.43. The Morgan fingerprint density at radius 2 is 2.06 bits per heavy atom. The molecule has 0 bridgehead atoms. The molecule has 8 nitrogen and oxygen atoms in total. The highest BCUT2D eigenvalue weighted by atomic mass is 32.2. The van der Waals surface area contributed by atoms with Crippen molar-refractivity contribution in [3.05, 3.63) is 28.3 Å². The van der Waals surface area contributed by atoms with E-state index in [4.69, 9.17) is 17.2 Å². The molecule has 0 aliphatic carbocycles. The van der Waals surface area contributed by atoms with Gasteiger partial charge in [-0.2, -0.15) is 4.99 Å². The molecular formula is C9H12N6O2S. The minimum atomic E-state index is -0.540. The molecular weight excluding hydrogens is 256 g/mol. The molecule has 1 aromatic rings. The minimum absolute atomic E-state index is 0.0975. The van der Waals surface area contributed by atoms with E-state index in [-0.39, 0.29) is 23.3 Å². The van der Waals surface area contributed by atoms with Crippen molar-refractivity contribution in [2.24, 2.45) is 27.2 Å². The van der Waals surface area contributed by atoms with Gasteiger partial charge < -0.3 is 17.2 Å². The average molecular weight is 268 g/mol. The molecule has 0 heterocycles. The molecule has 0 atom stereocenters. The highest BCUT2D eigenvalue weighted by Crippen LogP contribution is 2.31. The third kappa shape index (κ3) is 3.63. The highest BCUT2D eigenvalue weighted by molar-refractivity contribution is 7.98. The van der Waals surface area contributed by atoms with Crippen molar-refractivity contribution in [2.75, 3.05) is 6.26 Å². The van der Waals surface area contributed by atoms with Gasteiger partial charge in [-0.3, -0.25) is 10.1 Å². The zero-order chi connectivity index (χ0) is 13.7. The SMILES string of the molecule is CSc1ccc(N=C(N)N=C(N)N)c([N+](=O)[O-])c1. The molecule has 0 aromatic heterocycles. The average Bonchev–Trinajstić information content (AvgIpc) is 2.28. The van der Waals surface area contributed by atoms with Crippen molar-refractivity contribution in [3.63, 3.8) is 0 Å². The van der Waals surface area contributed by atoms with E-state index < -0.39 is 4.92 Å². The monoisotopic (exact) mass is 268 g/mol. The van der Waals surface area contributed by atoms with Gasteiger partial charge in [0.1, 0.15) is 5.69 Å². The molecule has 96 valence electrons. The fourth-order valence-corrected chi connectivity index (χ4v) is 1.59. The molecule has 1 rings (SSSR count). The largest absolute Gasteiger partial charge is 0.370 e. The van der Waals surface area contributed by atoms with Gasteiger partial charge in [0.05, 0.1) is 4.92 Å². The van der Waals surface area contributed by atoms with Crippen LogP contribution >= 0.6 is 11.8 Å². The number of hydrogen-bond acceptors (Lipinski definition) is 4. The number of nitrogens with zero attached hydrogens (tertiary/aromatic N) is 3. The first-order valence-corrected chi connectivity index (χ1v) is 5.92. The van der Waals surface area contributed by atoms with E-state index in [9.17, 15) is 10.1 Å². The number of nitrogens with two attached hydrogens (primary N) is 3. The second-order valence-electron chi connectivity index (χ2n) is 3.12.